The van der Waals surface area contributed by atoms with Crippen LogP contribution in [0.4, 0.5) is 11.6 Å². The third-order valence-electron chi connectivity index (χ3n) is 3.66. The summed E-state index contributed by atoms with van der Waals surface area (Å²) in [6.45, 7) is 5.63. The number of anilines is 2. The van der Waals surface area contributed by atoms with Crippen molar-refractivity contribution in [3.05, 3.63) is 12.4 Å². The molecule has 1 N–H and O–H groups in total. The fourth-order valence-electron chi connectivity index (χ4n) is 2.59. The van der Waals surface area contributed by atoms with Crippen LogP contribution in [0.15, 0.2) is 12.4 Å². The predicted octanol–water partition coefficient (Wildman–Crippen LogP) is 1.44. The van der Waals surface area contributed by atoms with Crippen molar-refractivity contribution in [3.63, 3.8) is 0 Å². The van der Waals surface area contributed by atoms with Gasteiger partial charge in [0.25, 0.3) is 0 Å². The summed E-state index contributed by atoms with van der Waals surface area (Å²) in [6, 6.07) is 0.653. The summed E-state index contributed by atoms with van der Waals surface area (Å²) >= 11 is 0. The highest BCUT2D eigenvalue weighted by Crippen LogP contribution is 2.19. The number of nitrogens with zero attached hydrogens (tertiary/aromatic N) is 4. The Labute approximate surface area is 109 Å². The number of nitrogens with one attached hydrogen (secondary N) is 1. The van der Waals surface area contributed by atoms with Gasteiger partial charge in [0.2, 0.25) is 0 Å². The van der Waals surface area contributed by atoms with Gasteiger partial charge in [0.15, 0.2) is 0 Å². The summed E-state index contributed by atoms with van der Waals surface area (Å²) in [5.74, 6) is 1.75. The zero-order valence-electron chi connectivity index (χ0n) is 11.6. The lowest BCUT2D eigenvalue weighted by atomic mass is 10.2. The Morgan fingerprint density at radius 2 is 2.33 bits per heavy atom. The van der Waals surface area contributed by atoms with E-state index in [1.807, 2.05) is 13.2 Å². The second-order valence-electron chi connectivity index (χ2n) is 4.82. The molecule has 18 heavy (non-hydrogen) atoms. The molecule has 1 atom stereocenters. The summed E-state index contributed by atoms with van der Waals surface area (Å²) < 4.78 is 0. The lowest BCUT2D eigenvalue weighted by Gasteiger charge is -2.28. The minimum atomic E-state index is 0.653. The Morgan fingerprint density at radius 1 is 1.50 bits per heavy atom. The van der Waals surface area contributed by atoms with Gasteiger partial charge in [-0.05, 0) is 25.9 Å². The topological polar surface area (TPSA) is 44.3 Å². The maximum absolute atomic E-state index is 4.52. The highest BCUT2D eigenvalue weighted by Gasteiger charge is 2.24. The molecule has 0 spiro atoms. The van der Waals surface area contributed by atoms with E-state index >= 15 is 0 Å². The van der Waals surface area contributed by atoms with Crippen molar-refractivity contribution >= 4 is 11.6 Å². The van der Waals surface area contributed by atoms with Gasteiger partial charge in [0.05, 0.1) is 12.4 Å². The number of likely N-dealkylation sites (tertiary alicyclic amines) is 1. The zero-order valence-corrected chi connectivity index (χ0v) is 11.6. The lowest BCUT2D eigenvalue weighted by Crippen LogP contribution is -2.39. The van der Waals surface area contributed by atoms with Gasteiger partial charge in [-0.15, -0.1) is 0 Å². The molecule has 5 heteroatoms. The van der Waals surface area contributed by atoms with Gasteiger partial charge in [0.1, 0.15) is 11.6 Å². The molecule has 0 amide bonds. The molecule has 1 saturated heterocycles. The SMILES string of the molecule is CCN1CCCC1CN(C)c1cncc(NC)n1. The molecule has 2 heterocycles. The van der Waals surface area contributed by atoms with E-state index in [1.54, 1.807) is 6.20 Å². The number of aromatic nitrogens is 2. The Morgan fingerprint density at radius 3 is 3.06 bits per heavy atom. The van der Waals surface area contributed by atoms with Crippen molar-refractivity contribution in [1.82, 2.24) is 14.9 Å². The maximum atomic E-state index is 4.52. The van der Waals surface area contributed by atoms with Crippen LogP contribution in [-0.4, -0.2) is 54.6 Å². The molecule has 1 unspecified atom stereocenters. The van der Waals surface area contributed by atoms with Crippen molar-refractivity contribution in [2.24, 2.45) is 0 Å². The van der Waals surface area contributed by atoms with E-state index in [4.69, 9.17) is 0 Å². The first kappa shape index (κ1) is 13.1. The lowest BCUT2D eigenvalue weighted by molar-refractivity contribution is 0.270. The number of hydrogen-bond donors (Lipinski definition) is 1. The third kappa shape index (κ3) is 2.90. The Bertz CT molecular complexity index is 381. The summed E-state index contributed by atoms with van der Waals surface area (Å²) in [5, 5.41) is 3.03. The Kier molecular flexibility index (Phi) is 4.36. The fourth-order valence-corrected chi connectivity index (χ4v) is 2.59. The molecule has 1 aliphatic heterocycles. The van der Waals surface area contributed by atoms with E-state index in [9.17, 15) is 0 Å². The van der Waals surface area contributed by atoms with Gasteiger partial charge >= 0.3 is 0 Å². The predicted molar refractivity (Wildman–Crippen MR) is 75.1 cm³/mol. The first-order valence-corrected chi connectivity index (χ1v) is 6.69. The Balaban J connectivity index is 2.00. The largest absolute Gasteiger partial charge is 0.372 e. The molecule has 5 nitrogen and oxygen atoms in total. The van der Waals surface area contributed by atoms with Crippen LogP contribution in [0.3, 0.4) is 0 Å². The molecule has 1 aromatic rings. The molecule has 1 aromatic heterocycles. The average Bonchev–Trinajstić information content (AvgIpc) is 2.86. The molecule has 0 bridgehead atoms. The minimum Gasteiger partial charge on any atom is -0.372 e. The molecule has 2 rings (SSSR count). The van der Waals surface area contributed by atoms with Crippen LogP contribution in [0.1, 0.15) is 19.8 Å². The van der Waals surface area contributed by atoms with Crippen LogP contribution in [0.25, 0.3) is 0 Å². The van der Waals surface area contributed by atoms with Gasteiger partial charge in [0, 0.05) is 26.7 Å². The van der Waals surface area contributed by atoms with Gasteiger partial charge in [-0.2, -0.15) is 0 Å². The van der Waals surface area contributed by atoms with Crippen molar-refractivity contribution in [2.45, 2.75) is 25.8 Å². The molecular formula is C13H23N5. The molecular weight excluding hydrogens is 226 g/mol. The van der Waals surface area contributed by atoms with Crippen molar-refractivity contribution in [1.29, 1.82) is 0 Å². The summed E-state index contributed by atoms with van der Waals surface area (Å²) in [7, 11) is 3.96. The highest BCUT2D eigenvalue weighted by molar-refractivity contribution is 5.42. The van der Waals surface area contributed by atoms with Crippen molar-refractivity contribution in [3.8, 4) is 0 Å². The van der Waals surface area contributed by atoms with Crippen LogP contribution >= 0.6 is 0 Å². The highest BCUT2D eigenvalue weighted by atomic mass is 15.3. The zero-order chi connectivity index (χ0) is 13.0. The molecule has 0 radical (unpaired) electrons. The van der Waals surface area contributed by atoms with Crippen LogP contribution in [0.5, 0.6) is 0 Å². The van der Waals surface area contributed by atoms with E-state index in [-0.39, 0.29) is 0 Å². The average molecular weight is 249 g/mol. The van der Waals surface area contributed by atoms with Gasteiger partial charge in [-0.25, -0.2) is 4.98 Å². The molecule has 100 valence electrons. The first-order valence-electron chi connectivity index (χ1n) is 6.69. The van der Waals surface area contributed by atoms with E-state index in [0.29, 0.717) is 6.04 Å². The Hall–Kier alpha value is -1.36. The third-order valence-corrected chi connectivity index (χ3v) is 3.66. The fraction of sp³-hybridized carbons (Fsp3) is 0.692. The second-order valence-corrected chi connectivity index (χ2v) is 4.82. The molecule has 1 fully saturated rings. The van der Waals surface area contributed by atoms with Gasteiger partial charge < -0.3 is 10.2 Å². The maximum Gasteiger partial charge on any atom is 0.149 e. The van der Waals surface area contributed by atoms with Crippen LogP contribution in [0.2, 0.25) is 0 Å². The molecule has 0 saturated carbocycles. The van der Waals surface area contributed by atoms with Gasteiger partial charge in [-0.1, -0.05) is 6.92 Å². The van der Waals surface area contributed by atoms with E-state index < -0.39 is 0 Å². The minimum absolute atomic E-state index is 0.653. The standard InChI is InChI=1S/C13H23N5/c1-4-18-7-5-6-11(18)10-17(3)13-9-15-8-12(14-2)16-13/h8-9,11H,4-7,10H2,1-3H3,(H,14,16). The van der Waals surface area contributed by atoms with E-state index in [1.165, 1.54) is 19.4 Å². The normalized spacial score (nSPS) is 20.1. The number of likely N-dealkylation sites (N-methyl/N-ethyl adjacent to an activating group) is 2. The quantitative estimate of drug-likeness (QED) is 0.855. The van der Waals surface area contributed by atoms with Crippen LogP contribution in [-0.2, 0) is 0 Å². The number of rotatable bonds is 5. The van der Waals surface area contributed by atoms with E-state index in [0.717, 1.165) is 24.7 Å². The van der Waals surface area contributed by atoms with Crippen LogP contribution in [0, 0.1) is 0 Å². The van der Waals surface area contributed by atoms with Gasteiger partial charge in [-0.3, -0.25) is 9.88 Å². The van der Waals surface area contributed by atoms with Crippen molar-refractivity contribution in [2.75, 3.05) is 43.9 Å². The van der Waals surface area contributed by atoms with Crippen LogP contribution < -0.4 is 10.2 Å². The number of hydrogen-bond acceptors (Lipinski definition) is 5. The summed E-state index contributed by atoms with van der Waals surface area (Å²) in [6.07, 6.45) is 6.17. The summed E-state index contributed by atoms with van der Waals surface area (Å²) in [5.41, 5.74) is 0. The second kappa shape index (κ2) is 6.00. The van der Waals surface area contributed by atoms with Crippen molar-refractivity contribution < 1.29 is 0 Å². The first-order chi connectivity index (χ1) is 8.74. The molecule has 0 aliphatic carbocycles. The molecule has 1 aliphatic rings. The van der Waals surface area contributed by atoms with E-state index in [2.05, 4.69) is 39.1 Å². The monoisotopic (exact) mass is 249 g/mol. The molecule has 0 aromatic carbocycles. The smallest absolute Gasteiger partial charge is 0.149 e. The summed E-state index contributed by atoms with van der Waals surface area (Å²) in [4.78, 5) is 13.5.